The summed E-state index contributed by atoms with van der Waals surface area (Å²) in [6.45, 7) is -0.599. The molecule has 0 unspecified atom stereocenters. The fourth-order valence-corrected chi connectivity index (χ4v) is 4.10. The van der Waals surface area contributed by atoms with E-state index in [1.807, 2.05) is 60.7 Å². The van der Waals surface area contributed by atoms with E-state index in [0.29, 0.717) is 22.4 Å². The second-order valence-corrected chi connectivity index (χ2v) is 8.89. The molecule has 0 saturated heterocycles. The highest BCUT2D eigenvalue weighted by Gasteiger charge is 2.17. The van der Waals surface area contributed by atoms with Gasteiger partial charge in [0, 0.05) is 11.1 Å². The number of benzene rings is 4. The number of halogens is 1. The van der Waals surface area contributed by atoms with E-state index in [0.717, 1.165) is 11.1 Å². The number of nitrogens with zero attached hydrogens (tertiary/aromatic N) is 2. The molecule has 0 bridgehead atoms. The molecule has 1 amide bonds. The molecule has 5 rings (SSSR count). The van der Waals surface area contributed by atoms with Crippen LogP contribution in [0.3, 0.4) is 0 Å². The van der Waals surface area contributed by atoms with Gasteiger partial charge in [-0.3, -0.25) is 4.79 Å². The number of aromatic carboxylic acids is 1. The van der Waals surface area contributed by atoms with Crippen molar-refractivity contribution in [1.82, 2.24) is 9.97 Å². The van der Waals surface area contributed by atoms with Crippen molar-refractivity contribution < 1.29 is 24.2 Å². The number of carboxylic acids is 1. The number of hydrogen-bond acceptors (Lipinski definition) is 6. The van der Waals surface area contributed by atoms with Crippen LogP contribution in [-0.4, -0.2) is 39.5 Å². The van der Waals surface area contributed by atoms with E-state index in [2.05, 4.69) is 5.32 Å². The Labute approximate surface area is 227 Å². The van der Waals surface area contributed by atoms with Crippen molar-refractivity contribution >= 4 is 46.2 Å². The topological polar surface area (TPSA) is 118 Å². The molecule has 2 N–H and O–H groups in total. The van der Waals surface area contributed by atoms with Crippen LogP contribution in [0.2, 0.25) is 5.02 Å². The maximum atomic E-state index is 12.7. The summed E-state index contributed by atoms with van der Waals surface area (Å²) in [5, 5.41) is 11.7. The van der Waals surface area contributed by atoms with E-state index in [1.54, 1.807) is 18.2 Å². The Balaban J connectivity index is 1.38. The highest BCUT2D eigenvalue weighted by Crippen LogP contribution is 2.31. The lowest BCUT2D eigenvalue weighted by atomic mass is 10.0. The largest absolute Gasteiger partial charge is 0.478 e. The molecule has 0 spiro atoms. The van der Waals surface area contributed by atoms with E-state index in [4.69, 9.17) is 31.4 Å². The van der Waals surface area contributed by atoms with Crippen LogP contribution in [0, 0.1) is 0 Å². The van der Waals surface area contributed by atoms with Crippen molar-refractivity contribution in [3.63, 3.8) is 0 Å². The molecule has 0 aliphatic heterocycles. The van der Waals surface area contributed by atoms with Gasteiger partial charge in [0.05, 0.1) is 44.3 Å². The van der Waals surface area contributed by atoms with E-state index < -0.39 is 24.5 Å². The first-order chi connectivity index (χ1) is 18.9. The minimum Gasteiger partial charge on any atom is -0.478 e. The average Bonchev–Trinajstić information content (AvgIpc) is 2.97. The molecule has 0 atom stereocenters. The second-order valence-electron chi connectivity index (χ2n) is 8.48. The lowest BCUT2D eigenvalue weighted by molar-refractivity contribution is -0.119. The van der Waals surface area contributed by atoms with Gasteiger partial charge in [-0.15, -0.1) is 0 Å². The number of rotatable bonds is 7. The lowest BCUT2D eigenvalue weighted by Crippen LogP contribution is -2.21. The number of nitrogens with one attached hydrogen (secondary N) is 1. The Hall–Kier alpha value is -5.08. The van der Waals surface area contributed by atoms with Crippen molar-refractivity contribution in [2.45, 2.75) is 0 Å². The van der Waals surface area contributed by atoms with Gasteiger partial charge in [-0.2, -0.15) is 0 Å². The van der Waals surface area contributed by atoms with Gasteiger partial charge in [0.25, 0.3) is 5.91 Å². The van der Waals surface area contributed by atoms with Crippen molar-refractivity contribution in [2.75, 3.05) is 11.9 Å². The van der Waals surface area contributed by atoms with Gasteiger partial charge in [-0.25, -0.2) is 19.6 Å². The number of carbonyl (C=O) groups excluding carboxylic acids is 2. The summed E-state index contributed by atoms with van der Waals surface area (Å²) in [6.07, 6.45) is 0. The minimum atomic E-state index is -1.17. The van der Waals surface area contributed by atoms with Gasteiger partial charge in [-0.1, -0.05) is 72.3 Å². The van der Waals surface area contributed by atoms with E-state index in [-0.39, 0.29) is 21.8 Å². The summed E-state index contributed by atoms with van der Waals surface area (Å²) in [4.78, 5) is 45.9. The highest BCUT2D eigenvalue weighted by molar-refractivity contribution is 6.33. The Morgan fingerprint density at radius 1 is 0.744 bits per heavy atom. The lowest BCUT2D eigenvalue weighted by Gasteiger charge is -2.12. The smallest absolute Gasteiger partial charge is 0.338 e. The standard InChI is InChI=1S/C30H20ClN3O5/c31-22-13-11-20(29(36)37)15-24(22)32-26(35)17-39-30(38)21-12-14-23-25(16-21)34-28(19-9-5-2-6-10-19)27(33-23)18-7-3-1-4-8-18/h1-16H,17H2,(H,32,35)(H,36,37). The molecular formula is C30H20ClN3O5. The van der Waals surface area contributed by atoms with Gasteiger partial charge >= 0.3 is 11.9 Å². The molecule has 8 nitrogen and oxygen atoms in total. The summed E-state index contributed by atoms with van der Waals surface area (Å²) in [5.41, 5.74) is 4.50. The number of carboxylic acid groups (broad SMARTS) is 1. The maximum absolute atomic E-state index is 12.7. The van der Waals surface area contributed by atoms with Crippen LogP contribution in [0.5, 0.6) is 0 Å². The van der Waals surface area contributed by atoms with Crippen molar-refractivity contribution in [3.05, 3.63) is 113 Å². The van der Waals surface area contributed by atoms with E-state index in [1.165, 1.54) is 18.2 Å². The van der Waals surface area contributed by atoms with Crippen molar-refractivity contribution in [1.29, 1.82) is 0 Å². The van der Waals surface area contributed by atoms with Crippen LogP contribution in [0.4, 0.5) is 5.69 Å². The fourth-order valence-electron chi connectivity index (χ4n) is 3.93. The molecular weight excluding hydrogens is 518 g/mol. The molecule has 0 saturated carbocycles. The zero-order chi connectivity index (χ0) is 27.4. The number of hydrogen-bond donors (Lipinski definition) is 2. The molecule has 0 radical (unpaired) electrons. The quantitative estimate of drug-likeness (QED) is 0.240. The molecule has 1 heterocycles. The van der Waals surface area contributed by atoms with Crippen LogP contribution in [0.25, 0.3) is 33.5 Å². The summed E-state index contributed by atoms with van der Waals surface area (Å²) in [6, 6.07) is 28.1. The molecule has 4 aromatic carbocycles. The Morgan fingerprint density at radius 2 is 1.33 bits per heavy atom. The molecule has 0 fully saturated rings. The number of ether oxygens (including phenoxy) is 1. The van der Waals surface area contributed by atoms with Crippen molar-refractivity contribution in [3.8, 4) is 22.5 Å². The third kappa shape index (κ3) is 5.76. The molecule has 0 aliphatic rings. The van der Waals surface area contributed by atoms with Gasteiger partial charge in [-0.05, 0) is 36.4 Å². The Morgan fingerprint density at radius 3 is 1.95 bits per heavy atom. The van der Waals surface area contributed by atoms with Crippen LogP contribution in [-0.2, 0) is 9.53 Å². The number of amides is 1. The molecule has 0 aliphatic carbocycles. The predicted octanol–water partition coefficient (Wildman–Crippen LogP) is 6.11. The summed E-state index contributed by atoms with van der Waals surface area (Å²) in [5.74, 6) is -2.57. The molecule has 192 valence electrons. The minimum absolute atomic E-state index is 0.0470. The van der Waals surface area contributed by atoms with Gasteiger partial charge in [0.2, 0.25) is 0 Å². The number of aromatic nitrogens is 2. The first-order valence-electron chi connectivity index (χ1n) is 11.8. The molecule has 1 aromatic heterocycles. The Bertz CT molecular complexity index is 1710. The predicted molar refractivity (Wildman–Crippen MR) is 148 cm³/mol. The van der Waals surface area contributed by atoms with E-state index in [9.17, 15) is 14.4 Å². The monoisotopic (exact) mass is 537 g/mol. The third-order valence-corrected chi connectivity index (χ3v) is 6.15. The summed E-state index contributed by atoms with van der Waals surface area (Å²) < 4.78 is 5.18. The Kier molecular flexibility index (Phi) is 7.29. The molecule has 9 heteroatoms. The first-order valence-corrected chi connectivity index (χ1v) is 12.2. The fraction of sp³-hybridized carbons (Fsp3) is 0.0333. The van der Waals surface area contributed by atoms with Crippen LogP contribution in [0.15, 0.2) is 97.1 Å². The average molecular weight is 538 g/mol. The first kappa shape index (κ1) is 25.6. The molecule has 39 heavy (non-hydrogen) atoms. The van der Waals surface area contributed by atoms with Crippen LogP contribution in [0.1, 0.15) is 20.7 Å². The SMILES string of the molecule is O=C(COC(=O)c1ccc2nc(-c3ccccc3)c(-c3ccccc3)nc2c1)Nc1cc(C(=O)O)ccc1Cl. The highest BCUT2D eigenvalue weighted by atomic mass is 35.5. The van der Waals surface area contributed by atoms with E-state index >= 15 is 0 Å². The maximum Gasteiger partial charge on any atom is 0.338 e. The summed E-state index contributed by atoms with van der Waals surface area (Å²) >= 11 is 6.04. The zero-order valence-corrected chi connectivity index (χ0v) is 21.1. The number of esters is 1. The summed E-state index contributed by atoms with van der Waals surface area (Å²) in [7, 11) is 0. The number of anilines is 1. The molecule has 5 aromatic rings. The normalized spacial score (nSPS) is 10.7. The van der Waals surface area contributed by atoms with Crippen LogP contribution < -0.4 is 5.32 Å². The third-order valence-electron chi connectivity index (χ3n) is 5.82. The van der Waals surface area contributed by atoms with Crippen molar-refractivity contribution in [2.24, 2.45) is 0 Å². The zero-order valence-electron chi connectivity index (χ0n) is 20.3. The number of fused-ring (bicyclic) bond motifs is 1. The number of carbonyl (C=O) groups is 3. The van der Waals surface area contributed by atoms with Gasteiger partial charge in [0.1, 0.15) is 0 Å². The second kappa shape index (κ2) is 11.1. The van der Waals surface area contributed by atoms with Gasteiger partial charge < -0.3 is 15.2 Å². The van der Waals surface area contributed by atoms with Crippen LogP contribution >= 0.6 is 11.6 Å². The van der Waals surface area contributed by atoms with Gasteiger partial charge in [0.15, 0.2) is 6.61 Å².